The number of rotatable bonds is 9. The van der Waals surface area contributed by atoms with Crippen molar-refractivity contribution in [1.29, 1.82) is 0 Å². The fourth-order valence-corrected chi connectivity index (χ4v) is 3.75. The Balaban J connectivity index is 1.33. The fraction of sp³-hybridized carbons (Fsp3) is 0.391. The summed E-state index contributed by atoms with van der Waals surface area (Å²) in [4.78, 5) is 29.4. The summed E-state index contributed by atoms with van der Waals surface area (Å²) in [6.45, 7) is 4.20. The Morgan fingerprint density at radius 1 is 1.19 bits per heavy atom. The number of nitrogens with zero attached hydrogens (tertiary/aromatic N) is 4. The largest absolute Gasteiger partial charge is 0.494 e. The minimum atomic E-state index is -0.219. The van der Waals surface area contributed by atoms with Gasteiger partial charge in [0.2, 0.25) is 0 Å². The maximum atomic E-state index is 12.7. The quantitative estimate of drug-likeness (QED) is 0.500. The average Bonchev–Trinajstić information content (AvgIpc) is 3.14. The number of aryl methyl sites for hydroxylation is 2. The Bertz CT molecular complexity index is 1120. The predicted octanol–water partition coefficient (Wildman–Crippen LogP) is 2.74. The van der Waals surface area contributed by atoms with E-state index in [2.05, 4.69) is 20.7 Å². The van der Waals surface area contributed by atoms with Gasteiger partial charge < -0.3 is 15.4 Å². The molecular formula is C23H28N6O3. The van der Waals surface area contributed by atoms with Crippen molar-refractivity contribution >= 4 is 17.4 Å². The average molecular weight is 437 g/mol. The minimum Gasteiger partial charge on any atom is -0.494 e. The molecule has 0 saturated heterocycles. The molecule has 1 aliphatic heterocycles. The number of nitrogens with one attached hydrogen (secondary N) is 2. The van der Waals surface area contributed by atoms with Gasteiger partial charge in [-0.05, 0) is 62.6 Å². The number of pyridine rings is 1. The molecule has 3 aromatic rings. The molecule has 0 fully saturated rings. The molecule has 0 spiro atoms. The third-order valence-corrected chi connectivity index (χ3v) is 5.34. The van der Waals surface area contributed by atoms with Crippen LogP contribution in [0.1, 0.15) is 42.4 Å². The third kappa shape index (κ3) is 4.99. The molecule has 0 unspecified atom stereocenters. The number of carbonyl (C=O) groups is 1. The molecule has 9 nitrogen and oxygen atoms in total. The molecule has 168 valence electrons. The van der Waals surface area contributed by atoms with Crippen molar-refractivity contribution in [3.63, 3.8) is 0 Å². The van der Waals surface area contributed by atoms with Gasteiger partial charge in [-0.15, -0.1) is 0 Å². The summed E-state index contributed by atoms with van der Waals surface area (Å²) in [6.07, 6.45) is 5.20. The van der Waals surface area contributed by atoms with Crippen molar-refractivity contribution in [2.75, 3.05) is 18.5 Å². The zero-order chi connectivity index (χ0) is 22.3. The number of fused-ring (bicyclic) bond motifs is 1. The van der Waals surface area contributed by atoms with Crippen molar-refractivity contribution in [1.82, 2.24) is 24.6 Å². The Morgan fingerprint density at radius 2 is 2.03 bits per heavy atom. The van der Waals surface area contributed by atoms with Crippen LogP contribution < -0.4 is 21.1 Å². The number of ether oxygens (including phenoxy) is 1. The highest BCUT2D eigenvalue weighted by Crippen LogP contribution is 2.21. The molecule has 0 atom stereocenters. The van der Waals surface area contributed by atoms with Crippen LogP contribution in [0.15, 0.2) is 47.4 Å². The molecule has 1 amide bonds. The lowest BCUT2D eigenvalue weighted by atomic mass is 10.2. The van der Waals surface area contributed by atoms with Crippen LogP contribution in [0.4, 0.5) is 11.5 Å². The van der Waals surface area contributed by atoms with Crippen molar-refractivity contribution in [3.8, 4) is 5.75 Å². The van der Waals surface area contributed by atoms with Gasteiger partial charge in [0.15, 0.2) is 0 Å². The summed E-state index contributed by atoms with van der Waals surface area (Å²) in [6, 6.07) is 10.9. The van der Waals surface area contributed by atoms with Gasteiger partial charge in [0.1, 0.15) is 17.4 Å². The van der Waals surface area contributed by atoms with Gasteiger partial charge in [-0.2, -0.15) is 5.10 Å². The number of carbonyl (C=O) groups excluding carboxylic acids is 1. The van der Waals surface area contributed by atoms with Gasteiger partial charge >= 0.3 is 5.69 Å². The van der Waals surface area contributed by atoms with Crippen molar-refractivity contribution in [3.05, 3.63) is 64.5 Å². The van der Waals surface area contributed by atoms with E-state index in [1.165, 1.54) is 4.68 Å². The van der Waals surface area contributed by atoms with Crippen LogP contribution in [0, 0.1) is 0 Å². The lowest BCUT2D eigenvalue weighted by molar-refractivity contribution is 0.0953. The third-order valence-electron chi connectivity index (χ3n) is 5.34. The Hall–Kier alpha value is -3.62. The van der Waals surface area contributed by atoms with E-state index in [1.54, 1.807) is 22.9 Å². The van der Waals surface area contributed by atoms with Crippen LogP contribution in [0.5, 0.6) is 5.75 Å². The number of benzene rings is 1. The van der Waals surface area contributed by atoms with E-state index in [1.807, 2.05) is 31.2 Å². The van der Waals surface area contributed by atoms with E-state index in [-0.39, 0.29) is 11.6 Å². The second-order valence-electron chi connectivity index (χ2n) is 7.62. The summed E-state index contributed by atoms with van der Waals surface area (Å²) >= 11 is 0. The predicted molar refractivity (Wildman–Crippen MR) is 122 cm³/mol. The second kappa shape index (κ2) is 10.1. The standard InChI is InChI=1S/C23H28N6O3/c1-2-32-18-11-9-17(10-12-18)26-21-19(7-5-13-24-21)22(30)25-14-6-16-29-23(31)28-15-4-3-8-20(28)27-29/h5,7,9-13H,2-4,6,8,14-16H2,1H3,(H,24,26)(H,25,30). The molecule has 2 aromatic heterocycles. The summed E-state index contributed by atoms with van der Waals surface area (Å²) in [5.74, 6) is 1.91. The van der Waals surface area contributed by atoms with E-state index in [0.29, 0.717) is 37.5 Å². The number of hydrogen-bond acceptors (Lipinski definition) is 6. The molecule has 32 heavy (non-hydrogen) atoms. The van der Waals surface area contributed by atoms with Crippen molar-refractivity contribution in [2.45, 2.75) is 45.7 Å². The molecule has 0 bridgehead atoms. The highest BCUT2D eigenvalue weighted by atomic mass is 16.5. The first-order valence-electron chi connectivity index (χ1n) is 11.1. The van der Waals surface area contributed by atoms with Crippen LogP contribution in [0.2, 0.25) is 0 Å². The van der Waals surface area contributed by atoms with E-state index < -0.39 is 0 Å². The van der Waals surface area contributed by atoms with Crippen LogP contribution in [-0.2, 0) is 19.5 Å². The zero-order valence-corrected chi connectivity index (χ0v) is 18.2. The maximum Gasteiger partial charge on any atom is 0.345 e. The molecule has 0 radical (unpaired) electrons. The van der Waals surface area contributed by atoms with Crippen LogP contribution >= 0.6 is 0 Å². The molecule has 2 N–H and O–H groups in total. The van der Waals surface area contributed by atoms with Gasteiger partial charge in [-0.25, -0.2) is 14.5 Å². The number of hydrogen-bond donors (Lipinski definition) is 2. The molecule has 1 aliphatic rings. The minimum absolute atomic E-state index is 0.0554. The first-order chi connectivity index (χ1) is 15.7. The normalized spacial score (nSPS) is 12.8. The van der Waals surface area contributed by atoms with E-state index in [0.717, 1.165) is 43.1 Å². The molecule has 9 heteroatoms. The van der Waals surface area contributed by atoms with Crippen LogP contribution in [0.3, 0.4) is 0 Å². The van der Waals surface area contributed by atoms with Gasteiger partial charge in [0.05, 0.1) is 12.2 Å². The van der Waals surface area contributed by atoms with Gasteiger partial charge in [0.25, 0.3) is 5.91 Å². The fourth-order valence-electron chi connectivity index (χ4n) is 3.75. The summed E-state index contributed by atoms with van der Waals surface area (Å²) in [5, 5.41) is 10.5. The maximum absolute atomic E-state index is 12.7. The Morgan fingerprint density at radius 3 is 2.81 bits per heavy atom. The topological polar surface area (TPSA) is 103 Å². The lowest BCUT2D eigenvalue weighted by Crippen LogP contribution is -2.29. The molecule has 0 aliphatic carbocycles. The van der Waals surface area contributed by atoms with Gasteiger partial charge in [-0.1, -0.05) is 0 Å². The molecular weight excluding hydrogens is 408 g/mol. The molecule has 3 heterocycles. The first-order valence-corrected chi connectivity index (χ1v) is 11.1. The molecule has 1 aromatic carbocycles. The highest BCUT2D eigenvalue weighted by molar-refractivity contribution is 5.99. The number of amides is 1. The summed E-state index contributed by atoms with van der Waals surface area (Å²) in [7, 11) is 0. The van der Waals surface area contributed by atoms with Crippen molar-refractivity contribution < 1.29 is 9.53 Å². The van der Waals surface area contributed by atoms with Gasteiger partial charge in [0, 0.05) is 37.9 Å². The van der Waals surface area contributed by atoms with Crippen molar-refractivity contribution in [2.24, 2.45) is 0 Å². The van der Waals surface area contributed by atoms with Crippen LogP contribution in [0.25, 0.3) is 0 Å². The van der Waals surface area contributed by atoms with Crippen LogP contribution in [-0.4, -0.2) is 38.4 Å². The lowest BCUT2D eigenvalue weighted by Gasteiger charge is -2.12. The number of aromatic nitrogens is 4. The summed E-state index contributed by atoms with van der Waals surface area (Å²) in [5.41, 5.74) is 1.21. The van der Waals surface area contributed by atoms with E-state index in [9.17, 15) is 9.59 Å². The highest BCUT2D eigenvalue weighted by Gasteiger charge is 2.16. The van der Waals surface area contributed by atoms with E-state index in [4.69, 9.17) is 4.74 Å². The Labute approximate surface area is 186 Å². The smallest absolute Gasteiger partial charge is 0.345 e. The SMILES string of the molecule is CCOc1ccc(Nc2ncccc2C(=O)NCCCn2nc3n(c2=O)CCCC3)cc1. The molecule has 0 saturated carbocycles. The van der Waals surface area contributed by atoms with Gasteiger partial charge in [-0.3, -0.25) is 9.36 Å². The number of anilines is 2. The summed E-state index contributed by atoms with van der Waals surface area (Å²) < 4.78 is 8.73. The Kier molecular flexibility index (Phi) is 6.84. The zero-order valence-electron chi connectivity index (χ0n) is 18.2. The molecule has 4 rings (SSSR count). The van der Waals surface area contributed by atoms with E-state index >= 15 is 0 Å². The first kappa shape index (κ1) is 21.6. The monoisotopic (exact) mass is 436 g/mol. The second-order valence-corrected chi connectivity index (χ2v) is 7.62.